The van der Waals surface area contributed by atoms with Crippen molar-refractivity contribution >= 4 is 5.97 Å². The summed E-state index contributed by atoms with van der Waals surface area (Å²) in [7, 11) is 0. The summed E-state index contributed by atoms with van der Waals surface area (Å²) in [5, 5.41) is 0. The molecule has 0 aromatic heterocycles. The van der Waals surface area contributed by atoms with E-state index in [0.717, 1.165) is 25.7 Å². The van der Waals surface area contributed by atoms with Crippen LogP contribution in [0.3, 0.4) is 0 Å². The number of carbonyl (C=O) groups is 1. The van der Waals surface area contributed by atoms with Crippen LogP contribution in [0.25, 0.3) is 0 Å². The number of epoxide rings is 2. The number of fused-ring (bicyclic) bond motifs is 4. The first-order valence-corrected chi connectivity index (χ1v) is 7.18. The van der Waals surface area contributed by atoms with Crippen molar-refractivity contribution in [2.75, 3.05) is 0 Å². The van der Waals surface area contributed by atoms with Crippen molar-refractivity contribution in [3.05, 3.63) is 12.2 Å². The van der Waals surface area contributed by atoms with Gasteiger partial charge in [-0.15, -0.1) is 0 Å². The third kappa shape index (κ3) is 1.62. The van der Waals surface area contributed by atoms with E-state index in [2.05, 4.69) is 20.4 Å². The third-order valence-electron chi connectivity index (χ3n) is 5.48. The summed E-state index contributed by atoms with van der Waals surface area (Å²) in [6.07, 6.45) is 4.15. The van der Waals surface area contributed by atoms with Crippen molar-refractivity contribution in [1.82, 2.24) is 0 Å². The molecule has 6 atom stereocenters. The van der Waals surface area contributed by atoms with E-state index in [9.17, 15) is 4.79 Å². The second kappa shape index (κ2) is 3.41. The first-order chi connectivity index (χ1) is 8.93. The van der Waals surface area contributed by atoms with Crippen LogP contribution < -0.4 is 0 Å². The highest BCUT2D eigenvalue weighted by Crippen LogP contribution is 2.54. The van der Waals surface area contributed by atoms with Crippen molar-refractivity contribution in [3.8, 4) is 0 Å². The minimum atomic E-state index is -0.245. The number of hydrogen-bond donors (Lipinski definition) is 0. The summed E-state index contributed by atoms with van der Waals surface area (Å²) >= 11 is 0. The molecule has 4 nitrogen and oxygen atoms in total. The standard InChI is InChI=1S/C15H20O4/c1-8-9-4-6-14(2)10(18-14)5-7-15(3)12(19-15)11(9)17-13(8)16/h9-12H,1,4-7H2,2-3H3/t9-,10+,11-,12-,14+,15+/m0/s1. The molecular formula is C15H20O4. The van der Waals surface area contributed by atoms with Crippen LogP contribution in [0.4, 0.5) is 0 Å². The maximum Gasteiger partial charge on any atom is 0.334 e. The molecule has 0 N–H and O–H groups in total. The molecule has 4 aliphatic rings. The van der Waals surface area contributed by atoms with E-state index in [-0.39, 0.29) is 35.3 Å². The van der Waals surface area contributed by atoms with Crippen LogP contribution in [0.15, 0.2) is 12.2 Å². The van der Waals surface area contributed by atoms with Gasteiger partial charge in [-0.05, 0) is 39.5 Å². The molecule has 0 aromatic carbocycles. The third-order valence-corrected chi connectivity index (χ3v) is 5.48. The SMILES string of the molecule is C=C1C(=O)O[C@H]2[C@H]1CC[C@@]1(C)O[C@@H]1CC[C@@]1(C)O[C@@H]21. The predicted octanol–water partition coefficient (Wildman–Crippen LogP) is 1.97. The van der Waals surface area contributed by atoms with Crippen molar-refractivity contribution < 1.29 is 19.0 Å². The Hall–Kier alpha value is -0.870. The summed E-state index contributed by atoms with van der Waals surface area (Å²) in [6, 6.07) is 0. The number of ether oxygens (including phenoxy) is 3. The molecule has 3 aliphatic heterocycles. The van der Waals surface area contributed by atoms with Gasteiger partial charge in [0.25, 0.3) is 0 Å². The van der Waals surface area contributed by atoms with E-state index in [4.69, 9.17) is 14.2 Å². The number of carbonyl (C=O) groups excluding carboxylic acids is 1. The van der Waals surface area contributed by atoms with Crippen molar-refractivity contribution in [2.24, 2.45) is 5.92 Å². The van der Waals surface area contributed by atoms with Gasteiger partial charge in [-0.2, -0.15) is 0 Å². The van der Waals surface area contributed by atoms with Gasteiger partial charge in [-0.3, -0.25) is 0 Å². The Morgan fingerprint density at radius 3 is 2.68 bits per heavy atom. The van der Waals surface area contributed by atoms with Crippen LogP contribution in [-0.2, 0) is 19.0 Å². The highest BCUT2D eigenvalue weighted by Gasteiger charge is 2.64. The van der Waals surface area contributed by atoms with Gasteiger partial charge in [0.2, 0.25) is 0 Å². The van der Waals surface area contributed by atoms with Crippen LogP contribution in [0.1, 0.15) is 39.5 Å². The Balaban J connectivity index is 1.62. The number of rotatable bonds is 0. The highest BCUT2D eigenvalue weighted by atomic mass is 16.6. The highest BCUT2D eigenvalue weighted by molar-refractivity contribution is 5.91. The maximum absolute atomic E-state index is 11.8. The van der Waals surface area contributed by atoms with Gasteiger partial charge in [0, 0.05) is 11.5 Å². The van der Waals surface area contributed by atoms with Gasteiger partial charge in [0.05, 0.1) is 17.3 Å². The fourth-order valence-corrected chi connectivity index (χ4v) is 3.85. The summed E-state index contributed by atoms with van der Waals surface area (Å²) in [6.45, 7) is 8.20. The molecule has 4 fully saturated rings. The normalized spacial score (nSPS) is 55.7. The van der Waals surface area contributed by atoms with Gasteiger partial charge in [0.1, 0.15) is 12.2 Å². The van der Waals surface area contributed by atoms with E-state index in [1.54, 1.807) is 0 Å². The topological polar surface area (TPSA) is 51.4 Å². The minimum absolute atomic E-state index is 0.00540. The molecule has 0 amide bonds. The Morgan fingerprint density at radius 1 is 1.16 bits per heavy atom. The largest absolute Gasteiger partial charge is 0.455 e. The molecule has 0 unspecified atom stereocenters. The van der Waals surface area contributed by atoms with Gasteiger partial charge >= 0.3 is 5.97 Å². The van der Waals surface area contributed by atoms with Gasteiger partial charge in [0.15, 0.2) is 0 Å². The van der Waals surface area contributed by atoms with Crippen LogP contribution >= 0.6 is 0 Å². The first-order valence-electron chi connectivity index (χ1n) is 7.18. The maximum atomic E-state index is 11.8. The Bertz CT molecular complexity index is 473. The molecule has 0 aromatic rings. The fraction of sp³-hybridized carbons (Fsp3) is 0.800. The second-order valence-corrected chi connectivity index (χ2v) is 6.85. The fourth-order valence-electron chi connectivity index (χ4n) is 3.85. The van der Waals surface area contributed by atoms with Crippen molar-refractivity contribution in [2.45, 2.75) is 69.0 Å². The summed E-state index contributed by atoms with van der Waals surface area (Å²) < 4.78 is 17.2. The van der Waals surface area contributed by atoms with Crippen molar-refractivity contribution in [1.29, 1.82) is 0 Å². The van der Waals surface area contributed by atoms with E-state index >= 15 is 0 Å². The Kier molecular flexibility index (Phi) is 2.14. The van der Waals surface area contributed by atoms with Gasteiger partial charge < -0.3 is 14.2 Å². The van der Waals surface area contributed by atoms with Crippen LogP contribution in [0, 0.1) is 5.92 Å². The summed E-state index contributed by atoms with van der Waals surface area (Å²) in [5.74, 6) is -0.149. The van der Waals surface area contributed by atoms with Crippen LogP contribution in [-0.4, -0.2) is 35.5 Å². The van der Waals surface area contributed by atoms with E-state index < -0.39 is 0 Å². The lowest BCUT2D eigenvalue weighted by atomic mass is 9.81. The molecule has 0 radical (unpaired) electrons. The van der Waals surface area contributed by atoms with Crippen LogP contribution in [0.2, 0.25) is 0 Å². The van der Waals surface area contributed by atoms with E-state index in [1.807, 2.05) is 0 Å². The average molecular weight is 264 g/mol. The van der Waals surface area contributed by atoms with E-state index in [1.165, 1.54) is 0 Å². The minimum Gasteiger partial charge on any atom is -0.455 e. The molecule has 3 heterocycles. The smallest absolute Gasteiger partial charge is 0.334 e. The quantitative estimate of drug-likeness (QED) is 0.381. The lowest BCUT2D eigenvalue weighted by molar-refractivity contribution is -0.140. The van der Waals surface area contributed by atoms with Crippen molar-refractivity contribution in [3.63, 3.8) is 0 Å². The molecule has 0 spiro atoms. The second-order valence-electron chi connectivity index (χ2n) is 6.85. The van der Waals surface area contributed by atoms with E-state index in [0.29, 0.717) is 11.7 Å². The average Bonchev–Trinajstić information content (AvgIpc) is 3.18. The number of hydrogen-bond acceptors (Lipinski definition) is 4. The zero-order valence-corrected chi connectivity index (χ0v) is 11.5. The Labute approximate surface area is 113 Å². The van der Waals surface area contributed by atoms with Gasteiger partial charge in [-0.1, -0.05) is 6.58 Å². The summed E-state index contributed by atoms with van der Waals surface area (Å²) in [5.41, 5.74) is 0.469. The monoisotopic (exact) mass is 264 g/mol. The molecule has 19 heavy (non-hydrogen) atoms. The lowest BCUT2D eigenvalue weighted by Gasteiger charge is -2.20. The predicted molar refractivity (Wildman–Crippen MR) is 67.5 cm³/mol. The molecule has 1 saturated carbocycles. The molecule has 4 heteroatoms. The van der Waals surface area contributed by atoms with Gasteiger partial charge in [-0.25, -0.2) is 4.79 Å². The molecule has 0 bridgehead atoms. The molecule has 3 saturated heterocycles. The zero-order chi connectivity index (χ0) is 13.4. The first kappa shape index (κ1) is 11.9. The molecular weight excluding hydrogens is 244 g/mol. The summed E-state index contributed by atoms with van der Waals surface area (Å²) in [4.78, 5) is 11.8. The Morgan fingerprint density at radius 2 is 1.89 bits per heavy atom. The molecule has 4 rings (SSSR count). The molecule has 104 valence electrons. The molecule has 1 aliphatic carbocycles. The number of esters is 1. The van der Waals surface area contributed by atoms with Crippen LogP contribution in [0.5, 0.6) is 0 Å². The lowest BCUT2D eigenvalue weighted by Crippen LogP contribution is -2.30. The zero-order valence-electron chi connectivity index (χ0n) is 11.5.